The Hall–Kier alpha value is -1.39. The topological polar surface area (TPSA) is 66.5 Å². The van der Waals surface area contributed by atoms with Crippen molar-refractivity contribution in [3.63, 3.8) is 0 Å². The van der Waals surface area contributed by atoms with Crippen LogP contribution in [-0.2, 0) is 14.4 Å². The third-order valence-electron chi connectivity index (χ3n) is 2.30. The Morgan fingerprint density at radius 2 is 1.81 bits per heavy atom. The highest BCUT2D eigenvalue weighted by Gasteiger charge is 2.25. The Morgan fingerprint density at radius 3 is 2.19 bits per heavy atom. The lowest BCUT2D eigenvalue weighted by Gasteiger charge is -2.25. The lowest BCUT2D eigenvalue weighted by molar-refractivity contribution is -0.139. The number of amides is 2. The summed E-state index contributed by atoms with van der Waals surface area (Å²) in [7, 11) is 1.53. The molecule has 0 heterocycles. The highest BCUT2D eigenvalue weighted by Crippen LogP contribution is 2.04. The van der Waals surface area contributed by atoms with Gasteiger partial charge < -0.3 is 10.2 Å². The first kappa shape index (κ1) is 14.6. The quantitative estimate of drug-likeness (QED) is 0.713. The van der Waals surface area contributed by atoms with Crippen molar-refractivity contribution in [2.24, 2.45) is 0 Å². The lowest BCUT2D eigenvalue weighted by atomic mass is 10.1. The highest BCUT2D eigenvalue weighted by molar-refractivity contribution is 5.91. The largest absolute Gasteiger partial charge is 0.354 e. The van der Waals surface area contributed by atoms with Gasteiger partial charge >= 0.3 is 0 Å². The van der Waals surface area contributed by atoms with E-state index in [0.717, 1.165) is 6.42 Å². The zero-order chi connectivity index (χ0) is 12.7. The molecule has 0 aliphatic carbocycles. The maximum Gasteiger partial charge on any atom is 0.243 e. The zero-order valence-electron chi connectivity index (χ0n) is 10.4. The number of rotatable bonds is 6. The highest BCUT2D eigenvalue weighted by atomic mass is 16.2. The summed E-state index contributed by atoms with van der Waals surface area (Å²) in [6.07, 6.45) is 0.883. The van der Waals surface area contributed by atoms with Crippen LogP contribution in [0, 0.1) is 0 Å². The summed E-state index contributed by atoms with van der Waals surface area (Å²) in [6, 6.07) is -0.693. The molecule has 0 aromatic heterocycles. The molecule has 0 rings (SSSR count). The molecule has 5 nitrogen and oxygen atoms in total. The van der Waals surface area contributed by atoms with E-state index in [4.69, 9.17) is 0 Å². The summed E-state index contributed by atoms with van der Waals surface area (Å²) in [6.45, 7) is 5.28. The molecule has 0 saturated carbocycles. The van der Waals surface area contributed by atoms with E-state index in [2.05, 4.69) is 5.32 Å². The van der Waals surface area contributed by atoms with Crippen LogP contribution >= 0.6 is 0 Å². The molecule has 0 aromatic rings. The second kappa shape index (κ2) is 6.98. The summed E-state index contributed by atoms with van der Waals surface area (Å²) < 4.78 is 0. The number of nitrogens with one attached hydrogen (secondary N) is 1. The Kier molecular flexibility index (Phi) is 6.37. The van der Waals surface area contributed by atoms with Crippen LogP contribution in [0.5, 0.6) is 0 Å². The average molecular weight is 228 g/mol. The van der Waals surface area contributed by atoms with Crippen molar-refractivity contribution in [3.05, 3.63) is 0 Å². The number of Topliss-reactive ketones (excluding diaryl/α,β-unsaturated/α-hetero) is 1. The van der Waals surface area contributed by atoms with Crippen LogP contribution < -0.4 is 5.32 Å². The van der Waals surface area contributed by atoms with E-state index < -0.39 is 6.04 Å². The fraction of sp³-hybridized carbons (Fsp3) is 0.727. The fourth-order valence-corrected chi connectivity index (χ4v) is 1.26. The number of nitrogens with zero attached hydrogens (tertiary/aromatic N) is 1. The number of likely N-dealkylation sites (N-methyl/N-ethyl adjacent to an activating group) is 1. The van der Waals surface area contributed by atoms with E-state index in [9.17, 15) is 14.4 Å². The molecule has 0 aliphatic rings. The van der Waals surface area contributed by atoms with Gasteiger partial charge in [0.15, 0.2) is 0 Å². The number of carbonyl (C=O) groups is 3. The molecule has 0 spiro atoms. The molecule has 1 N–H and O–H groups in total. The minimum Gasteiger partial charge on any atom is -0.354 e. The van der Waals surface area contributed by atoms with Gasteiger partial charge in [0.05, 0.1) is 0 Å². The van der Waals surface area contributed by atoms with E-state index in [1.165, 1.54) is 25.8 Å². The van der Waals surface area contributed by atoms with Crippen molar-refractivity contribution in [1.82, 2.24) is 10.2 Å². The maximum atomic E-state index is 11.7. The summed E-state index contributed by atoms with van der Waals surface area (Å²) in [5.41, 5.74) is 0. The van der Waals surface area contributed by atoms with E-state index in [1.807, 2.05) is 6.92 Å². The zero-order valence-corrected chi connectivity index (χ0v) is 10.4. The summed E-state index contributed by atoms with van der Waals surface area (Å²) in [5.74, 6) is -0.600. The Balaban J connectivity index is 4.58. The second-order valence-electron chi connectivity index (χ2n) is 3.84. The molecule has 0 bridgehead atoms. The van der Waals surface area contributed by atoms with Gasteiger partial charge in [-0.25, -0.2) is 0 Å². The van der Waals surface area contributed by atoms with Gasteiger partial charge in [-0.3, -0.25) is 14.4 Å². The van der Waals surface area contributed by atoms with Gasteiger partial charge in [0.1, 0.15) is 11.8 Å². The first-order chi connectivity index (χ1) is 7.40. The molecule has 2 amide bonds. The number of carbonyl (C=O) groups excluding carboxylic acids is 3. The standard InChI is InChI=1S/C11H20N2O3/c1-5-6-12-11(16)10(7-8(2)14)13(4)9(3)15/h10H,5-7H2,1-4H3,(H,12,16). The maximum absolute atomic E-state index is 11.7. The van der Waals surface area contributed by atoms with Gasteiger partial charge in [-0.1, -0.05) is 6.92 Å². The molecule has 0 saturated heterocycles. The van der Waals surface area contributed by atoms with Crippen LogP contribution in [0.2, 0.25) is 0 Å². The Bertz CT molecular complexity index is 276. The molecule has 0 fully saturated rings. The molecule has 92 valence electrons. The van der Waals surface area contributed by atoms with Crippen molar-refractivity contribution in [2.45, 2.75) is 39.7 Å². The SMILES string of the molecule is CCCNC(=O)C(CC(C)=O)N(C)C(C)=O. The number of hydrogen-bond acceptors (Lipinski definition) is 3. The lowest BCUT2D eigenvalue weighted by Crippen LogP contribution is -2.48. The number of hydrogen-bond donors (Lipinski definition) is 1. The molecule has 16 heavy (non-hydrogen) atoms. The van der Waals surface area contributed by atoms with Crippen molar-refractivity contribution >= 4 is 17.6 Å². The van der Waals surface area contributed by atoms with Crippen LogP contribution in [-0.4, -0.2) is 42.1 Å². The van der Waals surface area contributed by atoms with E-state index >= 15 is 0 Å². The smallest absolute Gasteiger partial charge is 0.243 e. The molecular formula is C11H20N2O3. The molecule has 0 aliphatic heterocycles. The van der Waals surface area contributed by atoms with Gasteiger partial charge in [-0.2, -0.15) is 0 Å². The van der Waals surface area contributed by atoms with Gasteiger partial charge in [0.25, 0.3) is 0 Å². The van der Waals surface area contributed by atoms with E-state index in [0.29, 0.717) is 6.54 Å². The molecule has 0 radical (unpaired) electrons. The van der Waals surface area contributed by atoms with Gasteiger partial charge in [0.2, 0.25) is 11.8 Å². The summed E-state index contributed by atoms with van der Waals surface area (Å²) in [5, 5.41) is 2.69. The van der Waals surface area contributed by atoms with E-state index in [-0.39, 0.29) is 24.0 Å². The summed E-state index contributed by atoms with van der Waals surface area (Å²) in [4.78, 5) is 35.2. The Morgan fingerprint density at radius 1 is 1.25 bits per heavy atom. The predicted molar refractivity (Wildman–Crippen MR) is 60.8 cm³/mol. The first-order valence-corrected chi connectivity index (χ1v) is 5.40. The second-order valence-corrected chi connectivity index (χ2v) is 3.84. The van der Waals surface area contributed by atoms with Crippen molar-refractivity contribution in [2.75, 3.05) is 13.6 Å². The molecule has 1 atom stereocenters. The minimum atomic E-state index is -0.693. The fourth-order valence-electron chi connectivity index (χ4n) is 1.26. The van der Waals surface area contributed by atoms with Gasteiger partial charge in [-0.15, -0.1) is 0 Å². The monoisotopic (exact) mass is 228 g/mol. The van der Waals surface area contributed by atoms with Crippen LogP contribution in [0.4, 0.5) is 0 Å². The number of ketones is 1. The normalized spacial score (nSPS) is 11.8. The third-order valence-corrected chi connectivity index (χ3v) is 2.30. The van der Waals surface area contributed by atoms with Crippen molar-refractivity contribution in [3.8, 4) is 0 Å². The third kappa shape index (κ3) is 4.91. The van der Waals surface area contributed by atoms with Gasteiger partial charge in [0, 0.05) is 26.9 Å². The molecule has 5 heteroatoms. The average Bonchev–Trinajstić information content (AvgIpc) is 2.21. The van der Waals surface area contributed by atoms with Gasteiger partial charge in [-0.05, 0) is 13.3 Å². The first-order valence-electron chi connectivity index (χ1n) is 5.40. The Labute approximate surface area is 96.2 Å². The molecule has 0 aromatic carbocycles. The van der Waals surface area contributed by atoms with Crippen LogP contribution in [0.25, 0.3) is 0 Å². The van der Waals surface area contributed by atoms with Crippen LogP contribution in [0.15, 0.2) is 0 Å². The molecular weight excluding hydrogens is 208 g/mol. The van der Waals surface area contributed by atoms with E-state index in [1.54, 1.807) is 0 Å². The molecule has 1 unspecified atom stereocenters. The predicted octanol–water partition coefficient (Wildman–Crippen LogP) is 0.339. The van der Waals surface area contributed by atoms with Crippen molar-refractivity contribution in [1.29, 1.82) is 0 Å². The van der Waals surface area contributed by atoms with Crippen LogP contribution in [0.1, 0.15) is 33.6 Å². The minimum absolute atomic E-state index is 0.0611. The van der Waals surface area contributed by atoms with Crippen LogP contribution in [0.3, 0.4) is 0 Å². The van der Waals surface area contributed by atoms with Crippen molar-refractivity contribution < 1.29 is 14.4 Å². The summed E-state index contributed by atoms with van der Waals surface area (Å²) >= 11 is 0.